The molecule has 1 heterocycles. The number of rotatable bonds is 8. The van der Waals surface area contributed by atoms with Crippen molar-refractivity contribution in [1.82, 2.24) is 5.32 Å². The molecular weight excluding hydrogens is 282 g/mol. The monoisotopic (exact) mass is 305 g/mol. The van der Waals surface area contributed by atoms with Crippen LogP contribution in [0.3, 0.4) is 0 Å². The average molecular weight is 305 g/mol. The Morgan fingerprint density at radius 3 is 2.67 bits per heavy atom. The topological polar surface area (TPSA) is 41.5 Å². The first-order valence-electron chi connectivity index (χ1n) is 7.21. The summed E-state index contributed by atoms with van der Waals surface area (Å²) in [5, 5.41) is 13.2. The summed E-state index contributed by atoms with van der Waals surface area (Å²) in [6, 6.07) is 12.2. The molecule has 4 heteroatoms. The van der Waals surface area contributed by atoms with Gasteiger partial charge in [0.15, 0.2) is 0 Å². The normalized spacial score (nSPS) is 12.5. The van der Waals surface area contributed by atoms with Crippen molar-refractivity contribution >= 4 is 11.3 Å². The molecule has 3 nitrogen and oxygen atoms in total. The fourth-order valence-corrected chi connectivity index (χ4v) is 3.07. The van der Waals surface area contributed by atoms with Crippen molar-refractivity contribution in [3.8, 4) is 0 Å². The number of benzene rings is 1. The van der Waals surface area contributed by atoms with Crippen LogP contribution in [-0.4, -0.2) is 24.4 Å². The molecule has 1 unspecified atom stereocenters. The molecule has 0 bridgehead atoms. The molecule has 1 atom stereocenters. The van der Waals surface area contributed by atoms with Crippen LogP contribution in [0, 0.1) is 13.8 Å². The molecule has 21 heavy (non-hydrogen) atoms. The number of aliphatic hydroxyl groups excluding tert-OH is 1. The quantitative estimate of drug-likeness (QED) is 0.787. The molecule has 0 aliphatic carbocycles. The zero-order valence-corrected chi connectivity index (χ0v) is 13.5. The molecule has 0 fully saturated rings. The van der Waals surface area contributed by atoms with Gasteiger partial charge in [0.05, 0.1) is 19.3 Å². The van der Waals surface area contributed by atoms with Gasteiger partial charge in [-0.25, -0.2) is 0 Å². The van der Waals surface area contributed by atoms with Crippen LogP contribution in [0.25, 0.3) is 0 Å². The Hall–Kier alpha value is -1.20. The zero-order valence-electron chi connectivity index (χ0n) is 12.6. The lowest BCUT2D eigenvalue weighted by molar-refractivity contribution is 0.0288. The van der Waals surface area contributed by atoms with E-state index in [-0.39, 0.29) is 0 Å². The Morgan fingerprint density at radius 1 is 1.24 bits per heavy atom. The Balaban J connectivity index is 1.60. The predicted octanol–water partition coefficient (Wildman–Crippen LogP) is 3.03. The Morgan fingerprint density at radius 2 is 2.00 bits per heavy atom. The van der Waals surface area contributed by atoms with E-state index in [0.717, 1.165) is 12.1 Å². The van der Waals surface area contributed by atoms with Gasteiger partial charge < -0.3 is 15.2 Å². The maximum atomic E-state index is 9.88. The molecule has 0 saturated heterocycles. The molecule has 0 aliphatic rings. The maximum absolute atomic E-state index is 9.88. The second kappa shape index (κ2) is 8.29. The summed E-state index contributed by atoms with van der Waals surface area (Å²) in [5.74, 6) is 0. The molecule has 2 aromatic rings. The highest BCUT2D eigenvalue weighted by Crippen LogP contribution is 2.20. The minimum absolute atomic E-state index is 0.352. The largest absolute Gasteiger partial charge is 0.389 e. The minimum atomic E-state index is -0.476. The molecule has 0 saturated carbocycles. The van der Waals surface area contributed by atoms with Gasteiger partial charge in [0.2, 0.25) is 0 Å². The van der Waals surface area contributed by atoms with Gasteiger partial charge in [-0.3, -0.25) is 0 Å². The van der Waals surface area contributed by atoms with Gasteiger partial charge in [0.25, 0.3) is 0 Å². The first-order chi connectivity index (χ1) is 10.1. The van der Waals surface area contributed by atoms with Gasteiger partial charge in [0.1, 0.15) is 0 Å². The van der Waals surface area contributed by atoms with E-state index in [0.29, 0.717) is 19.8 Å². The third-order valence-electron chi connectivity index (χ3n) is 3.32. The van der Waals surface area contributed by atoms with Crippen LogP contribution in [0.4, 0.5) is 0 Å². The van der Waals surface area contributed by atoms with E-state index in [1.807, 2.05) is 30.3 Å². The second-order valence-corrected chi connectivity index (χ2v) is 6.58. The fourth-order valence-electron chi connectivity index (χ4n) is 2.04. The summed E-state index contributed by atoms with van der Waals surface area (Å²) in [7, 11) is 0. The summed E-state index contributed by atoms with van der Waals surface area (Å²) in [6.07, 6.45) is -0.476. The van der Waals surface area contributed by atoms with Gasteiger partial charge in [-0.2, -0.15) is 0 Å². The van der Waals surface area contributed by atoms with E-state index in [1.165, 1.54) is 15.3 Å². The Bertz CT molecular complexity index is 519. The van der Waals surface area contributed by atoms with Crippen LogP contribution < -0.4 is 5.32 Å². The summed E-state index contributed by atoms with van der Waals surface area (Å²) < 4.78 is 5.52. The van der Waals surface area contributed by atoms with Gasteiger partial charge in [-0.05, 0) is 31.0 Å². The number of hydrogen-bond acceptors (Lipinski definition) is 4. The molecule has 2 N–H and O–H groups in total. The van der Waals surface area contributed by atoms with Crippen molar-refractivity contribution in [3.63, 3.8) is 0 Å². The molecule has 0 amide bonds. The highest BCUT2D eigenvalue weighted by Gasteiger charge is 2.06. The van der Waals surface area contributed by atoms with E-state index >= 15 is 0 Å². The van der Waals surface area contributed by atoms with Crippen LogP contribution in [0.15, 0.2) is 36.4 Å². The van der Waals surface area contributed by atoms with E-state index in [1.54, 1.807) is 11.3 Å². The highest BCUT2D eigenvalue weighted by molar-refractivity contribution is 7.12. The third-order valence-corrected chi connectivity index (χ3v) is 4.47. The van der Waals surface area contributed by atoms with Crippen molar-refractivity contribution in [2.45, 2.75) is 33.1 Å². The van der Waals surface area contributed by atoms with Crippen LogP contribution in [0.5, 0.6) is 0 Å². The Labute approximate surface area is 130 Å². The highest BCUT2D eigenvalue weighted by atomic mass is 32.1. The summed E-state index contributed by atoms with van der Waals surface area (Å²) in [6.45, 7) is 6.50. The number of ether oxygens (including phenoxy) is 1. The van der Waals surface area contributed by atoms with Gasteiger partial charge in [-0.1, -0.05) is 30.3 Å². The zero-order chi connectivity index (χ0) is 15.1. The van der Waals surface area contributed by atoms with Crippen molar-refractivity contribution in [1.29, 1.82) is 0 Å². The molecular formula is C17H23NO2S. The fraction of sp³-hybridized carbons (Fsp3) is 0.412. The molecule has 1 aromatic heterocycles. The SMILES string of the molecule is Cc1cc(CNCC(O)COCc2ccccc2)sc1C. The van der Waals surface area contributed by atoms with Crippen LogP contribution in [0.1, 0.15) is 20.9 Å². The van der Waals surface area contributed by atoms with E-state index in [2.05, 4.69) is 25.2 Å². The number of aliphatic hydroxyl groups is 1. The molecule has 2 rings (SSSR count). The minimum Gasteiger partial charge on any atom is -0.389 e. The van der Waals surface area contributed by atoms with E-state index in [9.17, 15) is 5.11 Å². The standard InChI is InChI=1S/C17H23NO2S/c1-13-8-17(21-14(13)2)10-18-9-16(19)12-20-11-15-6-4-3-5-7-15/h3-8,16,18-19H,9-12H2,1-2H3. The molecule has 0 aliphatic heterocycles. The lowest BCUT2D eigenvalue weighted by atomic mass is 10.2. The van der Waals surface area contributed by atoms with Crippen molar-refractivity contribution in [3.05, 3.63) is 57.3 Å². The number of nitrogens with one attached hydrogen (secondary N) is 1. The number of hydrogen-bond donors (Lipinski definition) is 2. The Kier molecular flexibility index (Phi) is 6.39. The summed E-state index contributed by atoms with van der Waals surface area (Å²) in [5.41, 5.74) is 2.46. The van der Waals surface area contributed by atoms with Crippen LogP contribution in [0.2, 0.25) is 0 Å². The second-order valence-electron chi connectivity index (χ2n) is 5.24. The summed E-state index contributed by atoms with van der Waals surface area (Å²) in [4.78, 5) is 2.67. The molecule has 1 aromatic carbocycles. The molecule has 0 spiro atoms. The first kappa shape index (κ1) is 16.2. The van der Waals surface area contributed by atoms with Crippen molar-refractivity contribution < 1.29 is 9.84 Å². The predicted molar refractivity (Wildman–Crippen MR) is 87.6 cm³/mol. The van der Waals surface area contributed by atoms with Gasteiger partial charge in [-0.15, -0.1) is 11.3 Å². The lowest BCUT2D eigenvalue weighted by Crippen LogP contribution is -2.29. The third kappa shape index (κ3) is 5.59. The lowest BCUT2D eigenvalue weighted by Gasteiger charge is -2.12. The number of thiophene rings is 1. The van der Waals surface area contributed by atoms with E-state index < -0.39 is 6.10 Å². The van der Waals surface area contributed by atoms with E-state index in [4.69, 9.17) is 4.74 Å². The maximum Gasteiger partial charge on any atom is 0.0897 e. The van der Waals surface area contributed by atoms with Crippen molar-refractivity contribution in [2.75, 3.05) is 13.2 Å². The molecule has 0 radical (unpaired) electrons. The van der Waals surface area contributed by atoms with Crippen LogP contribution in [-0.2, 0) is 17.9 Å². The average Bonchev–Trinajstić information content (AvgIpc) is 2.79. The summed E-state index contributed by atoms with van der Waals surface area (Å²) >= 11 is 1.81. The van der Waals surface area contributed by atoms with Crippen molar-refractivity contribution in [2.24, 2.45) is 0 Å². The smallest absolute Gasteiger partial charge is 0.0897 e. The first-order valence-corrected chi connectivity index (χ1v) is 8.03. The number of aryl methyl sites for hydroxylation is 2. The molecule has 114 valence electrons. The van der Waals surface area contributed by atoms with Gasteiger partial charge >= 0.3 is 0 Å². The van der Waals surface area contributed by atoms with Crippen LogP contribution >= 0.6 is 11.3 Å². The van der Waals surface area contributed by atoms with Gasteiger partial charge in [0, 0.05) is 22.8 Å².